The summed E-state index contributed by atoms with van der Waals surface area (Å²) in [6, 6.07) is 15.0. The van der Waals surface area contributed by atoms with Crippen LogP contribution < -0.4 is 10.9 Å². The second kappa shape index (κ2) is 8.55. The molecule has 7 nitrogen and oxygen atoms in total. The maximum Gasteiger partial charge on any atom is 0.338 e. The van der Waals surface area contributed by atoms with Gasteiger partial charge < -0.3 is 4.74 Å². The van der Waals surface area contributed by atoms with Gasteiger partial charge >= 0.3 is 5.97 Å². The van der Waals surface area contributed by atoms with Crippen molar-refractivity contribution < 1.29 is 14.3 Å². The summed E-state index contributed by atoms with van der Waals surface area (Å²) in [6.45, 7) is 2.03. The highest BCUT2D eigenvalue weighted by Crippen LogP contribution is 2.25. The van der Waals surface area contributed by atoms with Crippen LogP contribution in [0, 0.1) is 0 Å². The Bertz CT molecular complexity index is 1210. The second-order valence-electron chi connectivity index (χ2n) is 7.46. The van der Waals surface area contributed by atoms with E-state index in [9.17, 15) is 14.4 Å². The molecule has 1 N–H and O–H groups in total. The number of fused-ring (bicyclic) bond motifs is 1. The second-order valence-corrected chi connectivity index (χ2v) is 7.46. The van der Waals surface area contributed by atoms with Crippen molar-refractivity contribution in [3.63, 3.8) is 0 Å². The number of amides is 1. The van der Waals surface area contributed by atoms with Crippen molar-refractivity contribution in [1.29, 1.82) is 0 Å². The van der Waals surface area contributed by atoms with E-state index in [-0.39, 0.29) is 24.0 Å². The molecule has 4 rings (SSSR count). The van der Waals surface area contributed by atoms with Crippen LogP contribution in [0.15, 0.2) is 53.3 Å². The normalized spacial score (nSPS) is 12.4. The number of methoxy groups -OCH3 is 1. The molecule has 0 spiro atoms. The topological polar surface area (TPSA) is 90.3 Å². The van der Waals surface area contributed by atoms with Crippen molar-refractivity contribution in [1.82, 2.24) is 9.55 Å². The van der Waals surface area contributed by atoms with Crippen molar-refractivity contribution in [2.24, 2.45) is 0 Å². The number of benzene rings is 2. The van der Waals surface area contributed by atoms with Crippen LogP contribution in [0.2, 0.25) is 0 Å². The fourth-order valence-electron chi connectivity index (χ4n) is 3.84. The first kappa shape index (κ1) is 20.5. The van der Waals surface area contributed by atoms with Crippen LogP contribution >= 0.6 is 0 Å². The minimum Gasteiger partial charge on any atom is -0.465 e. The molecule has 3 aromatic rings. The van der Waals surface area contributed by atoms with Crippen LogP contribution in [0.25, 0.3) is 11.1 Å². The fourth-order valence-corrected chi connectivity index (χ4v) is 3.84. The number of ether oxygens (including phenoxy) is 1. The van der Waals surface area contributed by atoms with Crippen LogP contribution in [-0.4, -0.2) is 28.5 Å². The Labute approximate surface area is 179 Å². The van der Waals surface area contributed by atoms with E-state index in [1.165, 1.54) is 11.7 Å². The third kappa shape index (κ3) is 3.99. The minimum atomic E-state index is -0.385. The molecule has 2 aromatic carbocycles. The van der Waals surface area contributed by atoms with Gasteiger partial charge in [0.15, 0.2) is 0 Å². The molecule has 1 aliphatic rings. The number of carbonyl (C=O) groups is 2. The summed E-state index contributed by atoms with van der Waals surface area (Å²) < 4.78 is 6.28. The number of anilines is 1. The Morgan fingerprint density at radius 2 is 1.87 bits per heavy atom. The van der Waals surface area contributed by atoms with Gasteiger partial charge in [-0.2, -0.15) is 0 Å². The summed E-state index contributed by atoms with van der Waals surface area (Å²) in [5, 5.41) is 2.65. The Kier molecular flexibility index (Phi) is 5.66. The lowest BCUT2D eigenvalue weighted by molar-refractivity contribution is -0.115. The molecule has 1 amide bonds. The number of rotatable bonds is 6. The van der Waals surface area contributed by atoms with E-state index in [1.807, 2.05) is 43.3 Å². The molecular weight excluding hydrogens is 394 g/mol. The molecular formula is C24H23N3O4. The maximum absolute atomic E-state index is 13.0. The van der Waals surface area contributed by atoms with E-state index in [2.05, 4.69) is 10.3 Å². The molecule has 1 aromatic heterocycles. The number of aryl methyl sites for hydroxylation is 1. The molecule has 0 aliphatic carbocycles. The van der Waals surface area contributed by atoms with Gasteiger partial charge in [-0.25, -0.2) is 9.78 Å². The number of esters is 1. The molecule has 1 aliphatic heterocycles. The quantitative estimate of drug-likeness (QED) is 0.622. The molecule has 2 heterocycles. The van der Waals surface area contributed by atoms with Gasteiger partial charge in [0.05, 0.1) is 18.4 Å². The smallest absolute Gasteiger partial charge is 0.338 e. The number of hydrogen-bond donors (Lipinski definition) is 1. The average molecular weight is 417 g/mol. The number of hydrogen-bond acceptors (Lipinski definition) is 5. The van der Waals surface area contributed by atoms with Crippen LogP contribution in [0.5, 0.6) is 0 Å². The van der Waals surface area contributed by atoms with Crippen molar-refractivity contribution in [2.45, 2.75) is 32.7 Å². The minimum absolute atomic E-state index is 0.00379. The largest absolute Gasteiger partial charge is 0.465 e. The van der Waals surface area contributed by atoms with E-state index in [0.717, 1.165) is 28.8 Å². The van der Waals surface area contributed by atoms with Crippen molar-refractivity contribution in [3.8, 4) is 11.1 Å². The highest BCUT2D eigenvalue weighted by Gasteiger charge is 2.24. The summed E-state index contributed by atoms with van der Waals surface area (Å²) in [5.41, 5.74) is 4.29. The van der Waals surface area contributed by atoms with E-state index < -0.39 is 0 Å². The molecule has 31 heavy (non-hydrogen) atoms. The average Bonchev–Trinajstić information content (AvgIpc) is 3.17. The van der Waals surface area contributed by atoms with E-state index in [0.29, 0.717) is 29.9 Å². The van der Waals surface area contributed by atoms with Crippen LogP contribution in [0.4, 0.5) is 5.95 Å². The zero-order chi connectivity index (χ0) is 22.0. The lowest BCUT2D eigenvalue weighted by Gasteiger charge is -2.12. The van der Waals surface area contributed by atoms with E-state index in [1.54, 1.807) is 12.1 Å². The predicted molar refractivity (Wildman–Crippen MR) is 117 cm³/mol. The fraction of sp³-hybridized carbons (Fsp3) is 0.250. The van der Waals surface area contributed by atoms with Gasteiger partial charge in [0, 0.05) is 12.0 Å². The Morgan fingerprint density at radius 3 is 2.58 bits per heavy atom. The van der Waals surface area contributed by atoms with Crippen LogP contribution in [0.3, 0.4) is 0 Å². The standard InChI is InChI=1S/C24H23N3O4/c1-3-6-20-19(22(29)27-14-21(28)26-24(27)25-20)13-15-9-11-16(12-10-15)17-7-4-5-8-18(17)23(30)31-2/h4-5,7-12H,3,6,13-14H2,1-2H3,(H,25,26,28). The Balaban J connectivity index is 1.67. The Hall–Kier alpha value is -3.74. The van der Waals surface area contributed by atoms with Gasteiger partial charge in [0.2, 0.25) is 11.9 Å². The van der Waals surface area contributed by atoms with Crippen LogP contribution in [-0.2, 0) is 28.9 Å². The summed E-state index contributed by atoms with van der Waals surface area (Å²) in [4.78, 5) is 41.4. The monoisotopic (exact) mass is 417 g/mol. The lowest BCUT2D eigenvalue weighted by atomic mass is 9.96. The molecule has 0 fully saturated rings. The van der Waals surface area contributed by atoms with Gasteiger partial charge in [-0.05, 0) is 29.2 Å². The zero-order valence-corrected chi connectivity index (χ0v) is 17.5. The van der Waals surface area contributed by atoms with Gasteiger partial charge in [-0.1, -0.05) is 55.8 Å². The first-order valence-electron chi connectivity index (χ1n) is 10.2. The molecule has 7 heteroatoms. The predicted octanol–water partition coefficient (Wildman–Crippen LogP) is 3.19. The zero-order valence-electron chi connectivity index (χ0n) is 17.5. The van der Waals surface area contributed by atoms with E-state index in [4.69, 9.17) is 4.74 Å². The summed E-state index contributed by atoms with van der Waals surface area (Å²) in [6.07, 6.45) is 1.94. The first-order chi connectivity index (χ1) is 15.0. The van der Waals surface area contributed by atoms with Gasteiger partial charge in [0.25, 0.3) is 5.56 Å². The molecule has 158 valence electrons. The number of aromatic nitrogens is 2. The molecule has 0 saturated heterocycles. The molecule has 0 saturated carbocycles. The molecule has 0 atom stereocenters. The first-order valence-corrected chi connectivity index (χ1v) is 10.2. The maximum atomic E-state index is 13.0. The number of nitrogens with one attached hydrogen (secondary N) is 1. The highest BCUT2D eigenvalue weighted by atomic mass is 16.5. The third-order valence-corrected chi connectivity index (χ3v) is 5.37. The molecule has 0 bridgehead atoms. The highest BCUT2D eigenvalue weighted by molar-refractivity contribution is 5.97. The number of carbonyl (C=O) groups excluding carboxylic acids is 2. The summed E-state index contributed by atoms with van der Waals surface area (Å²) >= 11 is 0. The van der Waals surface area contributed by atoms with Crippen molar-refractivity contribution in [2.75, 3.05) is 12.4 Å². The summed E-state index contributed by atoms with van der Waals surface area (Å²) in [5.74, 6) is -0.279. The van der Waals surface area contributed by atoms with Gasteiger partial charge in [-0.15, -0.1) is 0 Å². The molecule has 0 radical (unpaired) electrons. The Morgan fingerprint density at radius 1 is 1.13 bits per heavy atom. The third-order valence-electron chi connectivity index (χ3n) is 5.37. The van der Waals surface area contributed by atoms with Gasteiger partial charge in [-0.3, -0.25) is 19.5 Å². The van der Waals surface area contributed by atoms with Gasteiger partial charge in [0.1, 0.15) is 6.54 Å². The summed E-state index contributed by atoms with van der Waals surface area (Å²) in [7, 11) is 1.36. The van der Waals surface area contributed by atoms with E-state index >= 15 is 0 Å². The lowest BCUT2D eigenvalue weighted by Crippen LogP contribution is -2.26. The molecule has 0 unspecified atom stereocenters. The van der Waals surface area contributed by atoms with Crippen LogP contribution in [0.1, 0.15) is 40.5 Å². The van der Waals surface area contributed by atoms with Crippen molar-refractivity contribution >= 4 is 17.8 Å². The van der Waals surface area contributed by atoms with Crippen molar-refractivity contribution in [3.05, 3.63) is 81.3 Å². The number of nitrogens with zero attached hydrogens (tertiary/aromatic N) is 2. The SMILES string of the molecule is CCCc1nc2n(c(=O)c1Cc1ccc(-c3ccccc3C(=O)OC)cc1)CC(=O)N2.